The highest BCUT2D eigenvalue weighted by Gasteiger charge is 2.36. The van der Waals surface area contributed by atoms with Gasteiger partial charge < -0.3 is 9.47 Å². The van der Waals surface area contributed by atoms with Gasteiger partial charge in [-0.15, -0.1) is 0 Å². The van der Waals surface area contributed by atoms with E-state index >= 15 is 0 Å². The third-order valence-electron chi connectivity index (χ3n) is 3.61. The lowest BCUT2D eigenvalue weighted by Crippen LogP contribution is -2.17. The fraction of sp³-hybridized carbons (Fsp3) is 0.500. The van der Waals surface area contributed by atoms with E-state index in [9.17, 15) is 9.59 Å². The SMILES string of the molecule is CCCCOC(=O)c1c(C(=O)OCCCC)c2ooc2c2ooc12. The molecule has 0 aliphatic carbocycles. The molecule has 24 heavy (non-hydrogen) atoms. The first-order valence-corrected chi connectivity index (χ1v) is 7.96. The Morgan fingerprint density at radius 3 is 1.38 bits per heavy atom. The Kier molecular flexibility index (Phi) is 4.64. The average molecular weight is 338 g/mol. The van der Waals surface area contributed by atoms with Gasteiger partial charge in [0.2, 0.25) is 11.2 Å². The van der Waals surface area contributed by atoms with Gasteiger partial charge in [-0.1, -0.05) is 26.7 Å². The summed E-state index contributed by atoms with van der Waals surface area (Å²) in [7, 11) is 0. The Labute approximate surface area is 136 Å². The molecule has 130 valence electrons. The van der Waals surface area contributed by atoms with E-state index in [2.05, 4.69) is 0 Å². The molecule has 0 saturated carbocycles. The summed E-state index contributed by atoms with van der Waals surface area (Å²) in [4.78, 5) is 24.8. The number of hydrogen-bond acceptors (Lipinski definition) is 8. The molecule has 2 aromatic heterocycles. The monoisotopic (exact) mass is 338 g/mol. The molecule has 3 aromatic rings. The molecular formula is C16H18O8. The van der Waals surface area contributed by atoms with Gasteiger partial charge in [-0.25, -0.2) is 9.59 Å². The summed E-state index contributed by atoms with van der Waals surface area (Å²) < 4.78 is 29.8. The maximum Gasteiger partial charge on any atom is 0.343 e. The maximum atomic E-state index is 12.4. The van der Waals surface area contributed by atoms with Crippen LogP contribution in [-0.4, -0.2) is 25.2 Å². The second kappa shape index (κ2) is 6.86. The molecule has 0 radical (unpaired) electrons. The number of ether oxygens (including phenoxy) is 2. The number of esters is 2. The molecule has 8 heteroatoms. The van der Waals surface area contributed by atoms with Crippen LogP contribution in [0, 0.1) is 0 Å². The van der Waals surface area contributed by atoms with Crippen molar-refractivity contribution in [1.82, 2.24) is 0 Å². The highest BCUT2D eigenvalue weighted by atomic mass is 17.0. The van der Waals surface area contributed by atoms with Gasteiger partial charge in [-0.3, -0.25) is 18.3 Å². The van der Waals surface area contributed by atoms with E-state index in [0.717, 1.165) is 12.8 Å². The zero-order chi connectivity index (χ0) is 17.1. The molecule has 8 nitrogen and oxygen atoms in total. The smallest absolute Gasteiger partial charge is 0.343 e. The van der Waals surface area contributed by atoms with Crippen LogP contribution in [0.15, 0.2) is 18.3 Å². The standard InChI is InChI=1S/C16H18O8/c1-3-5-7-19-15(17)9-10(16(18)20-8-6-4-2)12-14(24-22-12)13-11(9)21-23-13/h3-8H2,1-2H3. The Hall–Kier alpha value is -2.64. The van der Waals surface area contributed by atoms with Crippen molar-refractivity contribution >= 4 is 34.3 Å². The van der Waals surface area contributed by atoms with Gasteiger partial charge in [0.25, 0.3) is 11.2 Å². The molecule has 3 rings (SSSR count). The van der Waals surface area contributed by atoms with Crippen molar-refractivity contribution in [2.45, 2.75) is 39.5 Å². The van der Waals surface area contributed by atoms with Crippen LogP contribution in [-0.2, 0) is 9.47 Å². The third kappa shape index (κ3) is 2.68. The number of rotatable bonds is 8. The van der Waals surface area contributed by atoms with E-state index in [-0.39, 0.29) is 46.7 Å². The van der Waals surface area contributed by atoms with Gasteiger partial charge in [-0.05, 0) is 12.8 Å². The van der Waals surface area contributed by atoms with Crippen LogP contribution in [0.25, 0.3) is 22.3 Å². The molecule has 0 aliphatic rings. The average Bonchev–Trinajstić information content (AvgIpc) is 2.52. The number of benzene rings is 1. The predicted molar refractivity (Wildman–Crippen MR) is 80.9 cm³/mol. The van der Waals surface area contributed by atoms with Crippen LogP contribution in [0.5, 0.6) is 0 Å². The summed E-state index contributed by atoms with van der Waals surface area (Å²) in [6.07, 6.45) is 3.17. The lowest BCUT2D eigenvalue weighted by Gasteiger charge is -2.13. The van der Waals surface area contributed by atoms with Crippen molar-refractivity contribution in [1.29, 1.82) is 0 Å². The number of carbonyl (C=O) groups excluding carboxylic acids is 2. The number of unbranched alkanes of at least 4 members (excludes halogenated alkanes) is 2. The molecule has 0 amide bonds. The minimum Gasteiger partial charge on any atom is -0.462 e. The second-order valence-electron chi connectivity index (χ2n) is 5.38. The van der Waals surface area contributed by atoms with Crippen molar-refractivity contribution in [2.75, 3.05) is 13.2 Å². The van der Waals surface area contributed by atoms with Crippen molar-refractivity contribution in [3.05, 3.63) is 11.1 Å². The quantitative estimate of drug-likeness (QED) is 0.340. The van der Waals surface area contributed by atoms with Crippen molar-refractivity contribution < 1.29 is 37.4 Å². The topological polar surface area (TPSA) is 105 Å². The zero-order valence-corrected chi connectivity index (χ0v) is 13.5. The number of hydrogen-bond donors (Lipinski definition) is 0. The van der Waals surface area contributed by atoms with Gasteiger partial charge in [-0.2, -0.15) is 0 Å². The Balaban J connectivity index is 1.96. The summed E-state index contributed by atoms with van der Waals surface area (Å²) in [5.74, 6) is -1.38. The van der Waals surface area contributed by atoms with Crippen molar-refractivity contribution in [3.63, 3.8) is 0 Å². The first-order valence-electron chi connectivity index (χ1n) is 7.96. The molecule has 0 unspecified atom stereocenters. The fourth-order valence-electron chi connectivity index (χ4n) is 2.22. The molecule has 0 spiro atoms. The van der Waals surface area contributed by atoms with E-state index in [1.807, 2.05) is 13.8 Å². The highest BCUT2D eigenvalue weighted by molar-refractivity contribution is 6.19. The van der Waals surface area contributed by atoms with E-state index in [1.54, 1.807) is 0 Å². The molecule has 0 saturated heterocycles. The third-order valence-corrected chi connectivity index (χ3v) is 3.61. The minimum atomic E-state index is -0.691. The van der Waals surface area contributed by atoms with Gasteiger partial charge in [0, 0.05) is 0 Å². The molecule has 2 heterocycles. The van der Waals surface area contributed by atoms with Gasteiger partial charge in [0.1, 0.15) is 11.1 Å². The molecule has 0 aliphatic heterocycles. The maximum absolute atomic E-state index is 12.4. The summed E-state index contributed by atoms with van der Waals surface area (Å²) >= 11 is 0. The Bertz CT molecular complexity index is 773. The molecular weight excluding hydrogens is 320 g/mol. The van der Waals surface area contributed by atoms with Crippen molar-refractivity contribution in [2.24, 2.45) is 0 Å². The van der Waals surface area contributed by atoms with Gasteiger partial charge in [0.05, 0.1) is 13.2 Å². The molecule has 1 aromatic carbocycles. The Morgan fingerprint density at radius 1 is 0.708 bits per heavy atom. The van der Waals surface area contributed by atoms with E-state index in [4.69, 9.17) is 27.8 Å². The van der Waals surface area contributed by atoms with Crippen LogP contribution in [0.2, 0.25) is 0 Å². The Morgan fingerprint density at radius 2 is 1.08 bits per heavy atom. The molecule has 0 bridgehead atoms. The molecule has 0 N–H and O–H groups in total. The van der Waals surface area contributed by atoms with Crippen LogP contribution in [0.4, 0.5) is 0 Å². The molecule has 0 fully saturated rings. The number of fused-ring (bicyclic) bond motifs is 3. The minimum absolute atomic E-state index is 0.0594. The second-order valence-corrected chi connectivity index (χ2v) is 5.38. The van der Waals surface area contributed by atoms with Crippen LogP contribution >= 0.6 is 0 Å². The summed E-state index contributed by atoms with van der Waals surface area (Å²) in [6.45, 7) is 4.43. The van der Waals surface area contributed by atoms with E-state index in [1.165, 1.54) is 0 Å². The van der Waals surface area contributed by atoms with E-state index in [0.29, 0.717) is 12.8 Å². The van der Waals surface area contributed by atoms with Gasteiger partial charge in [0.15, 0.2) is 0 Å². The van der Waals surface area contributed by atoms with Gasteiger partial charge >= 0.3 is 11.9 Å². The van der Waals surface area contributed by atoms with Crippen LogP contribution in [0.3, 0.4) is 0 Å². The fourth-order valence-corrected chi connectivity index (χ4v) is 2.22. The predicted octanol–water partition coefficient (Wildman–Crippen LogP) is 4.28. The summed E-state index contributed by atoms with van der Waals surface area (Å²) in [6, 6.07) is 0. The largest absolute Gasteiger partial charge is 0.462 e. The first kappa shape index (κ1) is 16.2. The summed E-state index contributed by atoms with van der Waals surface area (Å²) in [5.41, 5.74) is 0.501. The van der Waals surface area contributed by atoms with Crippen LogP contribution < -0.4 is 0 Å². The highest BCUT2D eigenvalue weighted by Crippen LogP contribution is 2.38. The normalized spacial score (nSPS) is 11.4. The first-order chi connectivity index (χ1) is 11.7. The van der Waals surface area contributed by atoms with Crippen LogP contribution in [0.1, 0.15) is 60.2 Å². The lowest BCUT2D eigenvalue weighted by atomic mass is 10.0. The molecule has 0 atom stereocenters. The lowest BCUT2D eigenvalue weighted by molar-refractivity contribution is 0.0287. The summed E-state index contributed by atoms with van der Waals surface area (Å²) in [5, 5.41) is 0. The number of carbonyl (C=O) groups is 2. The zero-order valence-electron chi connectivity index (χ0n) is 13.5. The van der Waals surface area contributed by atoms with E-state index < -0.39 is 11.9 Å². The van der Waals surface area contributed by atoms with Crippen molar-refractivity contribution in [3.8, 4) is 0 Å².